The maximum atomic E-state index is 13.4. The minimum atomic E-state index is -3.73. The van der Waals surface area contributed by atoms with Crippen LogP contribution in [0, 0.1) is 13.8 Å². The Bertz CT molecular complexity index is 1540. The van der Waals surface area contributed by atoms with Crippen molar-refractivity contribution in [1.29, 1.82) is 0 Å². The third-order valence-corrected chi connectivity index (χ3v) is 8.40. The Balaban J connectivity index is 1.48. The normalized spacial score (nSPS) is 15.2. The average Bonchev–Trinajstić information content (AvgIpc) is 2.92. The van der Waals surface area contributed by atoms with E-state index in [2.05, 4.69) is 25.7 Å². The predicted octanol–water partition coefficient (Wildman–Crippen LogP) is 0.980. The fourth-order valence-corrected chi connectivity index (χ4v) is 5.67. The molecule has 0 bridgehead atoms. The second-order valence-corrected chi connectivity index (χ2v) is 11.5. The minimum absolute atomic E-state index is 0.0253. The van der Waals surface area contributed by atoms with E-state index in [-0.39, 0.29) is 23.5 Å². The van der Waals surface area contributed by atoms with Gasteiger partial charge >= 0.3 is 0 Å². The Morgan fingerprint density at radius 3 is 2.41 bits per heavy atom. The lowest BCUT2D eigenvalue weighted by Gasteiger charge is -2.37. The number of sulfonamides is 1. The first-order valence-electron chi connectivity index (χ1n) is 12.9. The van der Waals surface area contributed by atoms with Gasteiger partial charge in [0.2, 0.25) is 21.4 Å². The molecule has 1 saturated heterocycles. The highest BCUT2D eigenvalue weighted by atomic mass is 32.2. The molecule has 1 fully saturated rings. The topological polar surface area (TPSA) is 151 Å². The molecule has 0 aliphatic carbocycles. The second kappa shape index (κ2) is 11.6. The average molecular weight is 555 g/mol. The van der Waals surface area contributed by atoms with Crippen molar-refractivity contribution in [2.75, 3.05) is 26.2 Å². The Morgan fingerprint density at radius 2 is 1.74 bits per heavy atom. The molecule has 3 heterocycles. The summed E-state index contributed by atoms with van der Waals surface area (Å²) < 4.78 is 29.3. The van der Waals surface area contributed by atoms with E-state index in [9.17, 15) is 22.8 Å². The van der Waals surface area contributed by atoms with Crippen LogP contribution in [0.25, 0.3) is 11.0 Å². The van der Waals surface area contributed by atoms with Crippen LogP contribution in [-0.2, 0) is 21.4 Å². The van der Waals surface area contributed by atoms with Crippen LogP contribution in [-0.4, -0.2) is 61.5 Å². The van der Waals surface area contributed by atoms with Crippen LogP contribution in [0.1, 0.15) is 41.4 Å². The maximum Gasteiger partial charge on any atom is 0.257 e. The number of benzene rings is 1. The summed E-state index contributed by atoms with van der Waals surface area (Å²) in [6.07, 6.45) is 2.12. The van der Waals surface area contributed by atoms with Crippen LogP contribution in [0.5, 0.6) is 0 Å². The molecule has 3 aromatic rings. The van der Waals surface area contributed by atoms with Crippen LogP contribution in [0.15, 0.2) is 52.3 Å². The zero-order chi connectivity index (χ0) is 28.2. The lowest BCUT2D eigenvalue weighted by molar-refractivity contribution is -0.128. The van der Waals surface area contributed by atoms with Crippen LogP contribution in [0.4, 0.5) is 0 Å². The van der Waals surface area contributed by atoms with Gasteiger partial charge in [-0.3, -0.25) is 14.4 Å². The van der Waals surface area contributed by atoms with Crippen molar-refractivity contribution in [2.24, 2.45) is 0 Å². The van der Waals surface area contributed by atoms with Crippen molar-refractivity contribution in [1.82, 2.24) is 30.2 Å². The number of carbonyl (C=O) groups is 2. The number of carbonyl (C=O) groups excluding carboxylic acids is 2. The fourth-order valence-electron chi connectivity index (χ4n) is 4.64. The van der Waals surface area contributed by atoms with Crippen LogP contribution in [0.2, 0.25) is 0 Å². The molecular formula is C27H34N6O5S. The van der Waals surface area contributed by atoms with Crippen LogP contribution >= 0.6 is 0 Å². The van der Waals surface area contributed by atoms with Crippen molar-refractivity contribution in [2.45, 2.75) is 50.6 Å². The first kappa shape index (κ1) is 28.4. The summed E-state index contributed by atoms with van der Waals surface area (Å²) in [6.45, 7) is 7.08. The van der Waals surface area contributed by atoms with Gasteiger partial charge in [0.1, 0.15) is 16.7 Å². The van der Waals surface area contributed by atoms with Crippen molar-refractivity contribution >= 4 is 32.9 Å². The van der Waals surface area contributed by atoms with Gasteiger partial charge in [-0.25, -0.2) is 18.1 Å². The number of amides is 2. The number of pyridine rings is 2. The first-order valence-corrected chi connectivity index (χ1v) is 14.4. The third kappa shape index (κ3) is 6.18. The van der Waals surface area contributed by atoms with E-state index in [1.54, 1.807) is 28.8 Å². The van der Waals surface area contributed by atoms with Crippen LogP contribution < -0.4 is 26.1 Å². The standard InChI is InChI=1S/C27H34N6O5S/c1-4-33-17-22(23(34)21-10-7-19(3)31-24(21)33)25(35)32-27(11-13-28-14-12-27)26(36)29-15-16-30-39(37,38)20-8-5-18(2)6-9-20/h5-10,17,28,30H,4,11-16H2,1-3H3,(H,29,36)(H,32,35). The summed E-state index contributed by atoms with van der Waals surface area (Å²) in [6, 6.07) is 9.84. The zero-order valence-electron chi connectivity index (χ0n) is 22.3. The number of aryl methyl sites for hydroxylation is 3. The molecule has 1 aliphatic rings. The zero-order valence-corrected chi connectivity index (χ0v) is 23.2. The number of aromatic nitrogens is 2. The third-order valence-electron chi connectivity index (χ3n) is 6.92. The lowest BCUT2D eigenvalue weighted by Crippen LogP contribution is -2.63. The molecule has 208 valence electrons. The van der Waals surface area contributed by atoms with Gasteiger partial charge in [0.25, 0.3) is 5.91 Å². The van der Waals surface area contributed by atoms with Gasteiger partial charge in [-0.15, -0.1) is 0 Å². The number of fused-ring (bicyclic) bond motifs is 1. The number of rotatable bonds is 9. The molecule has 39 heavy (non-hydrogen) atoms. The highest BCUT2D eigenvalue weighted by Gasteiger charge is 2.41. The number of piperidine rings is 1. The smallest absolute Gasteiger partial charge is 0.257 e. The largest absolute Gasteiger partial charge is 0.353 e. The minimum Gasteiger partial charge on any atom is -0.353 e. The summed E-state index contributed by atoms with van der Waals surface area (Å²) in [5.74, 6) is -1.07. The molecule has 0 radical (unpaired) electrons. The van der Waals surface area contributed by atoms with Crippen molar-refractivity contribution < 1.29 is 18.0 Å². The van der Waals surface area contributed by atoms with E-state index < -0.39 is 32.8 Å². The van der Waals surface area contributed by atoms with E-state index in [0.717, 1.165) is 11.3 Å². The molecule has 4 N–H and O–H groups in total. The summed E-state index contributed by atoms with van der Waals surface area (Å²) >= 11 is 0. The molecule has 1 aromatic carbocycles. The van der Waals surface area contributed by atoms with Gasteiger partial charge < -0.3 is 20.5 Å². The van der Waals surface area contributed by atoms with Gasteiger partial charge in [0.05, 0.1) is 10.3 Å². The summed E-state index contributed by atoms with van der Waals surface area (Å²) in [4.78, 5) is 44.6. The number of hydrogen-bond acceptors (Lipinski definition) is 7. The molecule has 1 aliphatic heterocycles. The molecule has 11 nitrogen and oxygen atoms in total. The molecule has 0 saturated carbocycles. The van der Waals surface area contributed by atoms with Gasteiger partial charge in [0.15, 0.2) is 0 Å². The molecular weight excluding hydrogens is 520 g/mol. The summed E-state index contributed by atoms with van der Waals surface area (Å²) in [7, 11) is -3.73. The fraction of sp³-hybridized carbons (Fsp3) is 0.407. The SMILES string of the molecule is CCn1cc(C(=O)NC2(C(=O)NCCNS(=O)(=O)c3ccc(C)cc3)CCNCC2)c(=O)c2ccc(C)nc21. The predicted molar refractivity (Wildman–Crippen MR) is 148 cm³/mol. The quantitative estimate of drug-likeness (QED) is 0.288. The summed E-state index contributed by atoms with van der Waals surface area (Å²) in [5, 5.41) is 9.11. The molecule has 4 rings (SSSR count). The number of nitrogens with zero attached hydrogens (tertiary/aromatic N) is 2. The molecule has 2 aromatic heterocycles. The maximum absolute atomic E-state index is 13.4. The van der Waals surface area contributed by atoms with E-state index in [4.69, 9.17) is 0 Å². The number of hydrogen-bond donors (Lipinski definition) is 4. The monoisotopic (exact) mass is 554 g/mol. The molecule has 2 amide bonds. The van der Waals surface area contributed by atoms with Gasteiger partial charge in [-0.1, -0.05) is 17.7 Å². The van der Waals surface area contributed by atoms with Crippen molar-refractivity contribution in [3.8, 4) is 0 Å². The lowest BCUT2D eigenvalue weighted by atomic mass is 9.86. The molecule has 0 unspecified atom stereocenters. The Hall–Kier alpha value is -3.61. The molecule has 0 spiro atoms. The van der Waals surface area contributed by atoms with Gasteiger partial charge in [0, 0.05) is 31.5 Å². The van der Waals surface area contributed by atoms with E-state index in [1.165, 1.54) is 18.3 Å². The van der Waals surface area contributed by atoms with Gasteiger partial charge in [-0.05, 0) is 71.0 Å². The molecule has 12 heteroatoms. The Kier molecular flexibility index (Phi) is 8.48. The van der Waals surface area contributed by atoms with E-state index >= 15 is 0 Å². The molecule has 0 atom stereocenters. The van der Waals surface area contributed by atoms with Gasteiger partial charge in [-0.2, -0.15) is 0 Å². The first-order chi connectivity index (χ1) is 18.6. The second-order valence-electron chi connectivity index (χ2n) is 9.73. The Labute approximate surface area is 227 Å². The van der Waals surface area contributed by atoms with Crippen molar-refractivity contribution in [3.63, 3.8) is 0 Å². The van der Waals surface area contributed by atoms with Crippen molar-refractivity contribution in [3.05, 3.63) is 69.6 Å². The van der Waals surface area contributed by atoms with E-state index in [0.29, 0.717) is 43.5 Å². The highest BCUT2D eigenvalue weighted by molar-refractivity contribution is 7.89. The number of nitrogens with one attached hydrogen (secondary N) is 4. The van der Waals surface area contributed by atoms with Crippen LogP contribution in [0.3, 0.4) is 0 Å². The highest BCUT2D eigenvalue weighted by Crippen LogP contribution is 2.20. The Morgan fingerprint density at radius 1 is 1.05 bits per heavy atom. The summed E-state index contributed by atoms with van der Waals surface area (Å²) in [5.41, 5.74) is 0.442. The van der Waals surface area contributed by atoms with E-state index in [1.807, 2.05) is 20.8 Å².